The summed E-state index contributed by atoms with van der Waals surface area (Å²) in [5.41, 5.74) is 1.00. The molecule has 0 spiro atoms. The fraction of sp³-hybridized carbons (Fsp3) is 0.500. The Balaban J connectivity index is 1.60. The number of methoxy groups -OCH3 is 1. The third-order valence-corrected chi connectivity index (χ3v) is 5.88. The van der Waals surface area contributed by atoms with Crippen molar-refractivity contribution >= 4 is 23.2 Å². The Hall–Kier alpha value is -2.48. The first-order chi connectivity index (χ1) is 13.6. The number of aromatic nitrogens is 2. The van der Waals surface area contributed by atoms with Gasteiger partial charge < -0.3 is 14.4 Å². The highest BCUT2D eigenvalue weighted by Gasteiger charge is 2.27. The third kappa shape index (κ3) is 5.07. The van der Waals surface area contributed by atoms with Gasteiger partial charge in [0, 0.05) is 31.0 Å². The molecular formula is C20H25N3O4S. The highest BCUT2D eigenvalue weighted by Crippen LogP contribution is 2.33. The Kier molecular flexibility index (Phi) is 6.97. The smallest absolute Gasteiger partial charge is 0.306 e. The van der Waals surface area contributed by atoms with E-state index in [1.54, 1.807) is 25.4 Å². The van der Waals surface area contributed by atoms with Gasteiger partial charge in [-0.25, -0.2) is 0 Å². The predicted octanol–water partition coefficient (Wildman–Crippen LogP) is 3.26. The van der Waals surface area contributed by atoms with Crippen molar-refractivity contribution < 1.29 is 19.1 Å². The van der Waals surface area contributed by atoms with Crippen LogP contribution in [-0.4, -0.2) is 53.8 Å². The van der Waals surface area contributed by atoms with Crippen LogP contribution in [0.3, 0.4) is 0 Å². The van der Waals surface area contributed by atoms with E-state index >= 15 is 0 Å². The maximum atomic E-state index is 12.4. The number of hydrogen-bond acceptors (Lipinski definition) is 7. The molecule has 1 atom stereocenters. The average molecular weight is 404 g/mol. The van der Waals surface area contributed by atoms with Crippen LogP contribution >= 0.6 is 11.3 Å². The number of hydrogen-bond donors (Lipinski definition) is 0. The fourth-order valence-corrected chi connectivity index (χ4v) is 4.23. The molecule has 7 nitrogen and oxygen atoms in total. The van der Waals surface area contributed by atoms with E-state index in [0.29, 0.717) is 13.2 Å². The van der Waals surface area contributed by atoms with Crippen molar-refractivity contribution in [3.05, 3.63) is 29.3 Å². The lowest BCUT2D eigenvalue weighted by atomic mass is 9.98. The van der Waals surface area contributed by atoms with Crippen LogP contribution in [0.25, 0.3) is 10.6 Å². The molecule has 0 bridgehead atoms. The summed E-state index contributed by atoms with van der Waals surface area (Å²) in [4.78, 5) is 25.8. The summed E-state index contributed by atoms with van der Waals surface area (Å²) in [6.07, 6.45) is 2.24. The molecule has 1 aliphatic rings. The largest absolute Gasteiger partial charge is 0.497 e. The Morgan fingerprint density at radius 1 is 1.21 bits per heavy atom. The number of likely N-dealkylation sites (tertiary alicyclic amines) is 1. The van der Waals surface area contributed by atoms with Crippen molar-refractivity contribution in [2.75, 3.05) is 26.8 Å². The minimum Gasteiger partial charge on any atom is -0.497 e. The molecule has 8 heteroatoms. The summed E-state index contributed by atoms with van der Waals surface area (Å²) < 4.78 is 10.1. The van der Waals surface area contributed by atoms with E-state index in [0.717, 1.165) is 40.7 Å². The molecule has 1 amide bonds. The van der Waals surface area contributed by atoms with Gasteiger partial charge in [-0.1, -0.05) is 11.3 Å². The number of benzene rings is 1. The number of esters is 1. The van der Waals surface area contributed by atoms with E-state index in [1.807, 2.05) is 29.2 Å². The second kappa shape index (κ2) is 9.64. The van der Waals surface area contributed by atoms with E-state index in [2.05, 4.69) is 10.2 Å². The van der Waals surface area contributed by atoms with Crippen molar-refractivity contribution in [3.8, 4) is 16.3 Å². The van der Waals surface area contributed by atoms with E-state index in [4.69, 9.17) is 9.47 Å². The summed E-state index contributed by atoms with van der Waals surface area (Å²) in [5.74, 6) is 0.665. The molecule has 0 N–H and O–H groups in total. The van der Waals surface area contributed by atoms with Gasteiger partial charge in [0.1, 0.15) is 15.8 Å². The maximum Gasteiger partial charge on any atom is 0.306 e. The molecule has 150 valence electrons. The number of piperidine rings is 1. The second-order valence-corrected chi connectivity index (χ2v) is 7.67. The topological polar surface area (TPSA) is 81.6 Å². The molecule has 1 aliphatic heterocycles. The molecule has 1 saturated heterocycles. The van der Waals surface area contributed by atoms with E-state index in [9.17, 15) is 9.59 Å². The first-order valence-corrected chi connectivity index (χ1v) is 10.3. The normalized spacial score (nSPS) is 16.6. The zero-order chi connectivity index (χ0) is 19.9. The number of ether oxygens (including phenoxy) is 2. The molecule has 0 radical (unpaired) electrons. The Morgan fingerprint density at radius 2 is 2.00 bits per heavy atom. The van der Waals surface area contributed by atoms with Gasteiger partial charge in [-0.2, -0.15) is 0 Å². The van der Waals surface area contributed by atoms with Crippen LogP contribution in [0.4, 0.5) is 0 Å². The molecule has 3 rings (SSSR count). The molecule has 0 saturated carbocycles. The number of carbonyl (C=O) groups excluding carboxylic acids is 2. The summed E-state index contributed by atoms with van der Waals surface area (Å²) in [5, 5.41) is 10.5. The Bertz CT molecular complexity index is 806. The standard InChI is InChI=1S/C20H25N3O4S/c1-3-27-18(25)11-10-17(24)23-12-4-5-15(13-23)20-22-21-19(28-20)14-6-8-16(26-2)9-7-14/h6-9,15H,3-5,10-13H2,1-2H3. The third-order valence-electron chi connectivity index (χ3n) is 4.75. The van der Waals surface area contributed by atoms with Crippen molar-refractivity contribution in [2.24, 2.45) is 0 Å². The molecule has 1 unspecified atom stereocenters. The number of nitrogens with zero attached hydrogens (tertiary/aromatic N) is 3. The number of amides is 1. The van der Waals surface area contributed by atoms with Crippen molar-refractivity contribution in [3.63, 3.8) is 0 Å². The van der Waals surface area contributed by atoms with Gasteiger partial charge >= 0.3 is 5.97 Å². The minimum atomic E-state index is -0.322. The van der Waals surface area contributed by atoms with Crippen molar-refractivity contribution in [2.45, 2.75) is 38.5 Å². The van der Waals surface area contributed by atoms with Crippen LogP contribution in [0, 0.1) is 0 Å². The van der Waals surface area contributed by atoms with Crippen LogP contribution in [0.2, 0.25) is 0 Å². The van der Waals surface area contributed by atoms with Gasteiger partial charge in [-0.3, -0.25) is 9.59 Å². The minimum absolute atomic E-state index is 0.00218. The summed E-state index contributed by atoms with van der Waals surface area (Å²) in [6.45, 7) is 3.45. The quantitative estimate of drug-likeness (QED) is 0.660. The first-order valence-electron chi connectivity index (χ1n) is 9.52. The van der Waals surface area contributed by atoms with Crippen LogP contribution in [-0.2, 0) is 14.3 Å². The fourth-order valence-electron chi connectivity index (χ4n) is 3.26. The highest BCUT2D eigenvalue weighted by molar-refractivity contribution is 7.14. The van der Waals surface area contributed by atoms with E-state index in [-0.39, 0.29) is 30.6 Å². The number of rotatable bonds is 7. The Labute approximate surface area is 168 Å². The van der Waals surface area contributed by atoms with Crippen molar-refractivity contribution in [1.29, 1.82) is 0 Å². The first kappa shape index (κ1) is 20.3. The van der Waals surface area contributed by atoms with Gasteiger partial charge in [0.25, 0.3) is 0 Å². The van der Waals surface area contributed by atoms with Crippen LogP contribution < -0.4 is 4.74 Å². The van der Waals surface area contributed by atoms with Gasteiger partial charge in [-0.15, -0.1) is 10.2 Å². The molecule has 1 fully saturated rings. The van der Waals surface area contributed by atoms with Gasteiger partial charge in [-0.05, 0) is 44.0 Å². The lowest BCUT2D eigenvalue weighted by molar-refractivity contribution is -0.145. The Morgan fingerprint density at radius 3 is 2.71 bits per heavy atom. The average Bonchev–Trinajstić information content (AvgIpc) is 3.23. The molecule has 2 aromatic rings. The van der Waals surface area contributed by atoms with E-state index < -0.39 is 0 Å². The van der Waals surface area contributed by atoms with Gasteiger partial charge in [0.05, 0.1) is 20.1 Å². The van der Waals surface area contributed by atoms with Gasteiger partial charge in [0.2, 0.25) is 5.91 Å². The van der Waals surface area contributed by atoms with Crippen LogP contribution in [0.5, 0.6) is 5.75 Å². The predicted molar refractivity (Wildman–Crippen MR) is 106 cm³/mol. The lowest BCUT2D eigenvalue weighted by Gasteiger charge is -2.31. The lowest BCUT2D eigenvalue weighted by Crippen LogP contribution is -2.39. The summed E-state index contributed by atoms with van der Waals surface area (Å²) in [7, 11) is 1.64. The molecule has 1 aromatic carbocycles. The van der Waals surface area contributed by atoms with Gasteiger partial charge in [0.15, 0.2) is 0 Å². The maximum absolute atomic E-state index is 12.4. The number of carbonyl (C=O) groups is 2. The summed E-state index contributed by atoms with van der Waals surface area (Å²) >= 11 is 1.57. The molecule has 0 aliphatic carbocycles. The second-order valence-electron chi connectivity index (χ2n) is 6.66. The van der Waals surface area contributed by atoms with Crippen LogP contribution in [0.1, 0.15) is 43.5 Å². The van der Waals surface area contributed by atoms with E-state index in [1.165, 1.54) is 0 Å². The van der Waals surface area contributed by atoms with Crippen LogP contribution in [0.15, 0.2) is 24.3 Å². The zero-order valence-electron chi connectivity index (χ0n) is 16.2. The molecule has 1 aromatic heterocycles. The molecule has 2 heterocycles. The SMILES string of the molecule is CCOC(=O)CCC(=O)N1CCCC(c2nnc(-c3ccc(OC)cc3)s2)C1. The molecule has 28 heavy (non-hydrogen) atoms. The molecular weight excluding hydrogens is 378 g/mol. The monoisotopic (exact) mass is 403 g/mol. The zero-order valence-corrected chi connectivity index (χ0v) is 17.0. The highest BCUT2D eigenvalue weighted by atomic mass is 32.1. The summed E-state index contributed by atoms with van der Waals surface area (Å²) in [6, 6.07) is 7.74. The van der Waals surface area contributed by atoms with Crippen molar-refractivity contribution in [1.82, 2.24) is 15.1 Å².